The summed E-state index contributed by atoms with van der Waals surface area (Å²) in [4.78, 5) is 9.13. The third-order valence-electron chi connectivity index (χ3n) is 5.24. The van der Waals surface area contributed by atoms with Gasteiger partial charge in [-0.1, -0.05) is 30.3 Å². The van der Waals surface area contributed by atoms with Gasteiger partial charge in [0.15, 0.2) is 5.72 Å². The number of benzene rings is 1. The minimum Gasteiger partial charge on any atom is -0.366 e. The molecule has 1 aliphatic heterocycles. The molecule has 0 radical (unpaired) electrons. The van der Waals surface area contributed by atoms with E-state index in [1.165, 1.54) is 5.56 Å². The summed E-state index contributed by atoms with van der Waals surface area (Å²) in [7, 11) is 2.13. The Balaban J connectivity index is 1.89. The summed E-state index contributed by atoms with van der Waals surface area (Å²) in [5.41, 5.74) is 3.08. The van der Waals surface area contributed by atoms with Crippen LogP contribution in [0.25, 0.3) is 0 Å². The van der Waals surface area contributed by atoms with Crippen LogP contribution in [0.4, 0.5) is 0 Å². The summed E-state index contributed by atoms with van der Waals surface area (Å²) in [6.07, 6.45) is 3.68. The summed E-state index contributed by atoms with van der Waals surface area (Å²) in [5.74, 6) is 0. The predicted molar refractivity (Wildman–Crippen MR) is 90.2 cm³/mol. The number of nitrogens with zero attached hydrogens (tertiary/aromatic N) is 3. The maximum absolute atomic E-state index is 11.9. The van der Waals surface area contributed by atoms with Gasteiger partial charge in [0.05, 0.1) is 5.69 Å². The number of aromatic nitrogens is 1. The van der Waals surface area contributed by atoms with Crippen LogP contribution in [0.15, 0.2) is 42.6 Å². The van der Waals surface area contributed by atoms with Crippen molar-refractivity contribution in [1.82, 2.24) is 14.8 Å². The van der Waals surface area contributed by atoms with Crippen LogP contribution in [-0.2, 0) is 18.6 Å². The first-order valence-corrected chi connectivity index (χ1v) is 8.38. The van der Waals surface area contributed by atoms with E-state index in [0.717, 1.165) is 55.8 Å². The van der Waals surface area contributed by atoms with Crippen LogP contribution >= 0.6 is 0 Å². The molecule has 1 aliphatic carbocycles. The number of hydrogen-bond acceptors (Lipinski definition) is 4. The lowest BCUT2D eigenvalue weighted by Crippen LogP contribution is -2.56. The van der Waals surface area contributed by atoms with Gasteiger partial charge in [-0.25, -0.2) is 0 Å². The average molecular weight is 309 g/mol. The molecule has 1 atom stereocenters. The second-order valence-electron chi connectivity index (χ2n) is 6.63. The SMILES string of the molecule is CN1CCN(C2(O)c3ccccc3CCc3cccnc32)CC1. The zero-order chi connectivity index (χ0) is 15.9. The highest BCUT2D eigenvalue weighted by Crippen LogP contribution is 2.39. The molecule has 0 amide bonds. The van der Waals surface area contributed by atoms with Crippen molar-refractivity contribution in [2.45, 2.75) is 18.6 Å². The third kappa shape index (κ3) is 2.38. The highest BCUT2D eigenvalue weighted by atomic mass is 16.3. The maximum Gasteiger partial charge on any atom is 0.189 e. The molecule has 2 aliphatic rings. The van der Waals surface area contributed by atoms with E-state index in [1.54, 1.807) is 6.20 Å². The molecular formula is C19H23N3O. The van der Waals surface area contributed by atoms with E-state index in [9.17, 15) is 5.11 Å². The fourth-order valence-corrected chi connectivity index (χ4v) is 3.88. The van der Waals surface area contributed by atoms with Crippen LogP contribution in [-0.4, -0.2) is 53.1 Å². The number of piperazine rings is 1. The van der Waals surface area contributed by atoms with Gasteiger partial charge in [-0.15, -0.1) is 0 Å². The Kier molecular flexibility index (Phi) is 3.68. The van der Waals surface area contributed by atoms with Gasteiger partial charge in [0.1, 0.15) is 0 Å². The summed E-state index contributed by atoms with van der Waals surface area (Å²) >= 11 is 0. The van der Waals surface area contributed by atoms with Crippen molar-refractivity contribution in [3.8, 4) is 0 Å². The minimum atomic E-state index is -1.12. The number of pyridine rings is 1. The van der Waals surface area contributed by atoms with Crippen molar-refractivity contribution < 1.29 is 5.11 Å². The molecule has 1 fully saturated rings. The Bertz CT molecular complexity index is 660. The number of aliphatic hydroxyl groups is 1. The number of fused-ring (bicyclic) bond motifs is 2. The first-order valence-electron chi connectivity index (χ1n) is 8.38. The van der Waals surface area contributed by atoms with E-state index in [0.29, 0.717) is 0 Å². The third-order valence-corrected chi connectivity index (χ3v) is 5.24. The summed E-state index contributed by atoms with van der Waals surface area (Å²) < 4.78 is 0. The largest absolute Gasteiger partial charge is 0.366 e. The molecule has 2 aromatic rings. The quantitative estimate of drug-likeness (QED) is 0.869. The van der Waals surface area contributed by atoms with Gasteiger partial charge < -0.3 is 10.0 Å². The monoisotopic (exact) mass is 309 g/mol. The molecule has 0 bridgehead atoms. The Labute approximate surface area is 137 Å². The van der Waals surface area contributed by atoms with Crippen LogP contribution < -0.4 is 0 Å². The van der Waals surface area contributed by atoms with Crippen LogP contribution in [0.3, 0.4) is 0 Å². The molecule has 23 heavy (non-hydrogen) atoms. The lowest BCUT2D eigenvalue weighted by Gasteiger charge is -2.44. The number of likely N-dealkylation sites (N-methyl/N-ethyl adjacent to an activating group) is 1. The molecule has 2 heterocycles. The average Bonchev–Trinajstić information content (AvgIpc) is 2.72. The molecule has 4 nitrogen and oxygen atoms in total. The molecular weight excluding hydrogens is 286 g/mol. The fourth-order valence-electron chi connectivity index (χ4n) is 3.88. The number of hydrogen-bond donors (Lipinski definition) is 1. The van der Waals surface area contributed by atoms with Crippen LogP contribution in [0.2, 0.25) is 0 Å². The zero-order valence-electron chi connectivity index (χ0n) is 13.6. The smallest absolute Gasteiger partial charge is 0.189 e. The highest BCUT2D eigenvalue weighted by Gasteiger charge is 2.44. The second-order valence-corrected chi connectivity index (χ2v) is 6.63. The van der Waals surface area contributed by atoms with Crippen molar-refractivity contribution in [3.05, 3.63) is 65.0 Å². The zero-order valence-corrected chi connectivity index (χ0v) is 13.6. The van der Waals surface area contributed by atoms with E-state index in [1.807, 2.05) is 12.1 Å². The van der Waals surface area contributed by atoms with Gasteiger partial charge in [0, 0.05) is 37.9 Å². The normalized spacial score (nSPS) is 25.5. The van der Waals surface area contributed by atoms with E-state index < -0.39 is 5.72 Å². The molecule has 1 aromatic carbocycles. The lowest BCUT2D eigenvalue weighted by atomic mass is 9.92. The highest BCUT2D eigenvalue weighted by molar-refractivity contribution is 5.44. The standard InChI is InChI=1S/C19H23N3O/c1-21-11-13-22(14-12-21)19(23)17-7-3-2-5-15(17)8-9-16-6-4-10-20-18(16)19/h2-7,10,23H,8-9,11-14H2,1H3. The molecule has 1 aromatic heterocycles. The second kappa shape index (κ2) is 5.71. The van der Waals surface area contributed by atoms with Crippen LogP contribution in [0.1, 0.15) is 22.4 Å². The molecule has 120 valence electrons. The maximum atomic E-state index is 11.9. The number of aryl methyl sites for hydroxylation is 2. The molecule has 4 rings (SSSR count). The van der Waals surface area contributed by atoms with Gasteiger partial charge in [0.2, 0.25) is 0 Å². The first-order chi connectivity index (χ1) is 11.2. The van der Waals surface area contributed by atoms with Crippen molar-refractivity contribution in [1.29, 1.82) is 0 Å². The number of rotatable bonds is 1. The Hall–Kier alpha value is -1.75. The van der Waals surface area contributed by atoms with Gasteiger partial charge in [0.25, 0.3) is 0 Å². The van der Waals surface area contributed by atoms with Crippen molar-refractivity contribution in [2.75, 3.05) is 33.2 Å². The molecule has 1 saturated heterocycles. The Morgan fingerprint density at radius 1 is 0.957 bits per heavy atom. The van der Waals surface area contributed by atoms with Gasteiger partial charge in [-0.3, -0.25) is 9.88 Å². The predicted octanol–water partition coefficient (Wildman–Crippen LogP) is 1.62. The Morgan fingerprint density at radius 2 is 1.65 bits per heavy atom. The fraction of sp³-hybridized carbons (Fsp3) is 0.421. The van der Waals surface area contributed by atoms with Crippen molar-refractivity contribution in [2.24, 2.45) is 0 Å². The van der Waals surface area contributed by atoms with Crippen LogP contribution in [0.5, 0.6) is 0 Å². The Morgan fingerprint density at radius 3 is 2.48 bits per heavy atom. The van der Waals surface area contributed by atoms with Crippen molar-refractivity contribution in [3.63, 3.8) is 0 Å². The lowest BCUT2D eigenvalue weighted by molar-refractivity contribution is -0.100. The van der Waals surface area contributed by atoms with E-state index in [4.69, 9.17) is 0 Å². The van der Waals surface area contributed by atoms with E-state index in [-0.39, 0.29) is 0 Å². The van der Waals surface area contributed by atoms with E-state index >= 15 is 0 Å². The van der Waals surface area contributed by atoms with Gasteiger partial charge in [-0.05, 0) is 37.1 Å². The topological polar surface area (TPSA) is 39.6 Å². The van der Waals surface area contributed by atoms with Gasteiger partial charge >= 0.3 is 0 Å². The summed E-state index contributed by atoms with van der Waals surface area (Å²) in [6.45, 7) is 3.62. The first kappa shape index (κ1) is 14.8. The molecule has 1 N–H and O–H groups in total. The molecule has 0 spiro atoms. The van der Waals surface area contributed by atoms with Gasteiger partial charge in [-0.2, -0.15) is 0 Å². The molecule has 1 unspecified atom stereocenters. The van der Waals surface area contributed by atoms with Crippen LogP contribution in [0, 0.1) is 0 Å². The molecule has 0 saturated carbocycles. The summed E-state index contributed by atoms with van der Waals surface area (Å²) in [6, 6.07) is 12.4. The molecule has 4 heteroatoms. The summed E-state index contributed by atoms with van der Waals surface area (Å²) in [5, 5.41) is 11.9. The minimum absolute atomic E-state index is 0.814. The van der Waals surface area contributed by atoms with Crippen molar-refractivity contribution >= 4 is 0 Å². The van der Waals surface area contributed by atoms with E-state index in [2.05, 4.69) is 46.1 Å².